The fourth-order valence-electron chi connectivity index (χ4n) is 2.84. The van der Waals surface area contributed by atoms with Crippen LogP contribution in [0.2, 0.25) is 0 Å². The maximum absolute atomic E-state index is 8.68. The molecule has 0 rings (SSSR count). The minimum atomic E-state index is 0. The Kier molecular flexibility index (Phi) is 522. The van der Waals surface area contributed by atoms with Gasteiger partial charge in [0.25, 0.3) is 0 Å². The molecule has 0 radical (unpaired) electrons. The van der Waals surface area contributed by atoms with Gasteiger partial charge in [0, 0.05) is 46.2 Å². The van der Waals surface area contributed by atoms with Gasteiger partial charge in [0.2, 0.25) is 0 Å². The summed E-state index contributed by atoms with van der Waals surface area (Å²) in [5.74, 6) is 0. The maximum atomic E-state index is 8.68. The van der Waals surface area contributed by atoms with Crippen molar-refractivity contribution in [3.05, 3.63) is 0 Å². The Bertz CT molecular complexity index is 338. The molecule has 0 aliphatic heterocycles. The van der Waals surface area contributed by atoms with Gasteiger partial charge in [0.15, 0.2) is 0 Å². The standard InChI is InChI=1S/C19H40O.6C3H8O.CO2.14CH4/c1-2-3-4-5-6-7-8-9-10-11-12-13-14-15-16-17-18-19-20;6*1-2-3-4;2-1-3;;;;;;;;;;;;;;/h20H,2-19H2,1H3;6*4H,2-3H2,1H3;;14*1H4. The minimum Gasteiger partial charge on any atom is -0.396 e. The first-order valence-electron chi connectivity index (χ1n) is 19.1. The van der Waals surface area contributed by atoms with E-state index < -0.39 is 0 Å². The van der Waals surface area contributed by atoms with Gasteiger partial charge in [-0.3, -0.25) is 0 Å². The number of aliphatic hydroxyl groups excluding tert-OH is 7. The largest absolute Gasteiger partial charge is 0.396 e. The van der Waals surface area contributed by atoms with Crippen molar-refractivity contribution in [2.75, 3.05) is 46.2 Å². The molecule has 0 saturated heterocycles. The molecule has 0 saturated carbocycles. The lowest BCUT2D eigenvalue weighted by Crippen LogP contribution is -1.85. The number of unbranched alkanes of at least 4 members (excludes halogenated alkanes) is 16. The summed E-state index contributed by atoms with van der Waals surface area (Å²) in [7, 11) is 0. The molecule has 9 nitrogen and oxygen atoms in total. The normalized spacial score (nSPS) is 6.72. The summed E-state index contributed by atoms with van der Waals surface area (Å²) in [4.78, 5) is 16.2. The van der Waals surface area contributed by atoms with E-state index >= 15 is 0 Å². The van der Waals surface area contributed by atoms with Crippen LogP contribution in [0.4, 0.5) is 0 Å². The van der Waals surface area contributed by atoms with Crippen LogP contribution in [0.3, 0.4) is 0 Å². The van der Waals surface area contributed by atoms with Crippen molar-refractivity contribution in [3.63, 3.8) is 0 Å². The van der Waals surface area contributed by atoms with Gasteiger partial charge in [0.1, 0.15) is 0 Å². The third-order valence-electron chi connectivity index (χ3n) is 5.60. The highest BCUT2D eigenvalue weighted by atomic mass is 16.3. The zero-order valence-corrected chi connectivity index (χ0v) is 32.7. The molecule has 0 bridgehead atoms. The van der Waals surface area contributed by atoms with E-state index in [0.717, 1.165) is 44.9 Å². The zero-order valence-electron chi connectivity index (χ0n) is 32.7. The molecule has 61 heavy (non-hydrogen) atoms. The van der Waals surface area contributed by atoms with E-state index in [0.29, 0.717) is 46.2 Å². The fraction of sp³-hybridized carbons (Fsp3) is 0.981. The predicted octanol–water partition coefficient (Wildman–Crippen LogP) is 17.3. The summed E-state index contributed by atoms with van der Waals surface area (Å²) >= 11 is 0. The Morgan fingerprint density at radius 3 is 0.393 bits per heavy atom. The van der Waals surface area contributed by atoms with Crippen LogP contribution in [0.1, 0.15) is 300 Å². The molecule has 0 aliphatic rings. The molecule has 0 aromatic carbocycles. The molecule has 0 aliphatic carbocycles. The lowest BCUT2D eigenvalue weighted by molar-refractivity contribution is -0.191. The summed E-state index contributed by atoms with van der Waals surface area (Å²) in [5, 5.41) is 55.9. The second-order valence-corrected chi connectivity index (χ2v) is 10.8. The number of hydrogen-bond acceptors (Lipinski definition) is 9. The van der Waals surface area contributed by atoms with E-state index in [4.69, 9.17) is 45.3 Å². The number of hydrogen-bond donors (Lipinski definition) is 7. The second kappa shape index (κ2) is 220. The Hall–Kier alpha value is -0.900. The SMILES string of the molecule is C.C.C.C.C.C.C.C.C.C.C.C.C.C.CCCCCCCCCCCCCCCCCCCO.CCCO.CCCO.CCCO.CCCO.CCCO.CCCO.O=C=O. The van der Waals surface area contributed by atoms with E-state index in [1.165, 1.54) is 103 Å². The summed E-state index contributed by atoms with van der Waals surface area (Å²) in [6, 6.07) is 0. The van der Waals surface area contributed by atoms with Gasteiger partial charge in [0.05, 0.1) is 0 Å². The van der Waals surface area contributed by atoms with E-state index in [2.05, 4.69) is 6.92 Å². The van der Waals surface area contributed by atoms with Gasteiger partial charge >= 0.3 is 6.15 Å². The minimum absolute atomic E-state index is 0. The third-order valence-corrected chi connectivity index (χ3v) is 5.60. The zero-order chi connectivity index (χ0) is 37.9. The van der Waals surface area contributed by atoms with Crippen molar-refractivity contribution in [2.45, 2.75) is 300 Å². The van der Waals surface area contributed by atoms with Gasteiger partial charge in [-0.05, 0) is 44.9 Å². The smallest absolute Gasteiger partial charge is 0.373 e. The summed E-state index contributed by atoms with van der Waals surface area (Å²) < 4.78 is 0. The monoisotopic (exact) mass is 913 g/mol. The van der Waals surface area contributed by atoms with Crippen molar-refractivity contribution in [2.24, 2.45) is 0 Å². The van der Waals surface area contributed by atoms with Crippen LogP contribution >= 0.6 is 0 Å². The molecular weight excluding hydrogens is 769 g/mol. The molecule has 406 valence electrons. The van der Waals surface area contributed by atoms with Gasteiger partial charge < -0.3 is 35.7 Å². The van der Waals surface area contributed by atoms with Crippen molar-refractivity contribution >= 4 is 6.15 Å². The average Bonchev–Trinajstić information content (AvgIpc) is 3.12. The molecule has 0 heterocycles. The van der Waals surface area contributed by atoms with Crippen molar-refractivity contribution in [1.29, 1.82) is 0 Å². The molecule has 9 heteroatoms. The summed E-state index contributed by atoms with van der Waals surface area (Å²) in [5.41, 5.74) is 0. The highest BCUT2D eigenvalue weighted by Crippen LogP contribution is 2.13. The van der Waals surface area contributed by atoms with Gasteiger partial charge in [-0.2, -0.15) is 9.59 Å². The molecule has 0 atom stereocenters. The van der Waals surface area contributed by atoms with Crippen LogP contribution in [0, 0.1) is 0 Å². The summed E-state index contributed by atoms with van der Waals surface area (Å²) in [6.45, 7) is 16.2. The van der Waals surface area contributed by atoms with E-state index in [1.54, 1.807) is 0 Å². The molecule has 0 fully saturated rings. The predicted molar refractivity (Wildman–Crippen MR) is 295 cm³/mol. The fourth-order valence-corrected chi connectivity index (χ4v) is 2.84. The van der Waals surface area contributed by atoms with Crippen molar-refractivity contribution in [3.8, 4) is 0 Å². The van der Waals surface area contributed by atoms with E-state index in [-0.39, 0.29) is 110 Å². The lowest BCUT2D eigenvalue weighted by Gasteiger charge is -2.03. The van der Waals surface area contributed by atoms with E-state index in [9.17, 15) is 0 Å². The second-order valence-electron chi connectivity index (χ2n) is 10.8. The maximum Gasteiger partial charge on any atom is 0.373 e. The number of aliphatic hydroxyl groups is 7. The van der Waals surface area contributed by atoms with Crippen LogP contribution < -0.4 is 0 Å². The van der Waals surface area contributed by atoms with Gasteiger partial charge in [-0.25, -0.2) is 0 Å². The Morgan fingerprint density at radius 1 is 0.213 bits per heavy atom. The lowest BCUT2D eigenvalue weighted by atomic mass is 10.0. The van der Waals surface area contributed by atoms with Crippen LogP contribution in [0.25, 0.3) is 0 Å². The van der Waals surface area contributed by atoms with E-state index in [1.807, 2.05) is 41.5 Å². The molecule has 0 unspecified atom stereocenters. The van der Waals surface area contributed by atoms with Gasteiger partial charge in [-0.15, -0.1) is 0 Å². The molecular formula is C52H144O9. The van der Waals surface area contributed by atoms with Crippen LogP contribution in [0.15, 0.2) is 0 Å². The highest BCUT2D eigenvalue weighted by molar-refractivity contribution is 5.20. The molecule has 0 amide bonds. The quantitative estimate of drug-likeness (QED) is 0.0492. The van der Waals surface area contributed by atoms with Crippen LogP contribution in [-0.4, -0.2) is 88.1 Å². The molecule has 0 aromatic heterocycles. The van der Waals surface area contributed by atoms with Crippen LogP contribution in [0.5, 0.6) is 0 Å². The molecule has 7 N–H and O–H groups in total. The van der Waals surface area contributed by atoms with Crippen molar-refractivity contribution in [1.82, 2.24) is 0 Å². The number of rotatable bonds is 23. The molecule has 0 spiro atoms. The first kappa shape index (κ1) is 145. The highest BCUT2D eigenvalue weighted by Gasteiger charge is 1.94. The average molecular weight is 914 g/mol. The van der Waals surface area contributed by atoms with Crippen LogP contribution in [-0.2, 0) is 9.59 Å². The Morgan fingerprint density at radius 2 is 0.311 bits per heavy atom. The topological polar surface area (TPSA) is 176 Å². The Balaban J connectivity index is -0.0000000159. The van der Waals surface area contributed by atoms with Gasteiger partial charge in [-0.1, -0.05) is 255 Å². The summed E-state index contributed by atoms with van der Waals surface area (Å²) in [6.07, 6.45) is 29.2. The third kappa shape index (κ3) is 395. The first-order chi connectivity index (χ1) is 22.8. The van der Waals surface area contributed by atoms with Crippen molar-refractivity contribution < 1.29 is 45.3 Å². The molecule has 0 aromatic rings. The first-order valence-corrected chi connectivity index (χ1v) is 19.1. The number of carbonyl (C=O) groups excluding carboxylic acids is 2. The Labute approximate surface area is 396 Å².